The quantitative estimate of drug-likeness (QED) is 0.587. The molecule has 0 fully saturated rings. The summed E-state index contributed by atoms with van der Waals surface area (Å²) in [4.78, 5) is 24.3. The fourth-order valence-electron chi connectivity index (χ4n) is 3.46. The van der Waals surface area contributed by atoms with Crippen molar-refractivity contribution in [2.75, 3.05) is 17.3 Å². The number of amides is 2. The molecule has 3 rings (SSSR count). The van der Waals surface area contributed by atoms with E-state index >= 15 is 0 Å². The van der Waals surface area contributed by atoms with E-state index in [4.69, 9.17) is 0 Å². The van der Waals surface area contributed by atoms with Gasteiger partial charge in [0.25, 0.3) is 5.91 Å². The second-order valence-corrected chi connectivity index (χ2v) is 8.12. The van der Waals surface area contributed by atoms with E-state index in [0.29, 0.717) is 36.1 Å². The molecule has 1 atom stereocenters. The summed E-state index contributed by atoms with van der Waals surface area (Å²) >= 11 is 1.37. The van der Waals surface area contributed by atoms with Crippen molar-refractivity contribution >= 4 is 29.4 Å². The molecule has 1 aliphatic rings. The van der Waals surface area contributed by atoms with E-state index in [2.05, 4.69) is 20.8 Å². The highest BCUT2D eigenvalue weighted by Gasteiger charge is 2.30. The molecule has 0 aliphatic carbocycles. The number of H-pyrrole nitrogens is 1. The van der Waals surface area contributed by atoms with Crippen LogP contribution in [0.1, 0.15) is 40.0 Å². The SMILES string of the molecule is CSCC(=O)Nc1n[nH]c2c1C(=O)NC(CCc1cccc(CCC(F)(F)F)c1)C2. The molecule has 0 saturated heterocycles. The summed E-state index contributed by atoms with van der Waals surface area (Å²) in [6.07, 6.45) is -1.43. The predicted octanol–water partition coefficient (Wildman–Crippen LogP) is 3.49. The molecule has 2 heterocycles. The van der Waals surface area contributed by atoms with E-state index < -0.39 is 12.6 Å². The lowest BCUT2D eigenvalue weighted by Gasteiger charge is -2.23. The molecule has 2 amide bonds. The largest absolute Gasteiger partial charge is 0.389 e. The van der Waals surface area contributed by atoms with Crippen LogP contribution in [0.5, 0.6) is 0 Å². The van der Waals surface area contributed by atoms with Crippen LogP contribution in [0.2, 0.25) is 0 Å². The zero-order valence-corrected chi connectivity index (χ0v) is 17.3. The molecule has 30 heavy (non-hydrogen) atoms. The number of carbonyl (C=O) groups excluding carboxylic acids is 2. The normalized spacial score (nSPS) is 16.1. The van der Waals surface area contributed by atoms with E-state index in [1.807, 2.05) is 12.3 Å². The average Bonchev–Trinajstić information content (AvgIpc) is 3.08. The van der Waals surface area contributed by atoms with Crippen LogP contribution < -0.4 is 10.6 Å². The molecule has 1 aromatic carbocycles. The molecule has 0 saturated carbocycles. The number of fused-ring (bicyclic) bond motifs is 1. The van der Waals surface area contributed by atoms with Crippen molar-refractivity contribution in [3.8, 4) is 0 Å². The first kappa shape index (κ1) is 22.2. The Kier molecular flexibility index (Phi) is 7.06. The van der Waals surface area contributed by atoms with Gasteiger partial charge in [-0.25, -0.2) is 0 Å². The lowest BCUT2D eigenvalue weighted by Crippen LogP contribution is -2.41. The van der Waals surface area contributed by atoms with Crippen molar-refractivity contribution in [3.63, 3.8) is 0 Å². The summed E-state index contributed by atoms with van der Waals surface area (Å²) in [6.45, 7) is 0. The molecule has 0 bridgehead atoms. The lowest BCUT2D eigenvalue weighted by molar-refractivity contribution is -0.134. The second-order valence-electron chi connectivity index (χ2n) is 7.26. The number of hydrogen-bond donors (Lipinski definition) is 3. The molecular formula is C20H23F3N4O2S. The summed E-state index contributed by atoms with van der Waals surface area (Å²) in [5.74, 6) is -0.0173. The lowest BCUT2D eigenvalue weighted by atomic mass is 9.95. The number of carbonyl (C=O) groups is 2. The number of alkyl halides is 3. The molecule has 1 aromatic heterocycles. The van der Waals surface area contributed by atoms with Crippen LogP contribution in [-0.2, 0) is 24.1 Å². The van der Waals surface area contributed by atoms with Gasteiger partial charge >= 0.3 is 6.18 Å². The minimum atomic E-state index is -4.17. The monoisotopic (exact) mass is 440 g/mol. The first-order valence-corrected chi connectivity index (χ1v) is 11.0. The number of aryl methyl sites for hydroxylation is 2. The van der Waals surface area contributed by atoms with E-state index in [1.165, 1.54) is 11.8 Å². The number of hydrogen-bond acceptors (Lipinski definition) is 4. The fourth-order valence-corrected chi connectivity index (χ4v) is 3.79. The molecule has 2 aromatic rings. The van der Waals surface area contributed by atoms with Gasteiger partial charge in [0.1, 0.15) is 5.56 Å². The van der Waals surface area contributed by atoms with Crippen molar-refractivity contribution in [1.82, 2.24) is 15.5 Å². The Morgan fingerprint density at radius 3 is 2.73 bits per heavy atom. The highest BCUT2D eigenvalue weighted by molar-refractivity contribution is 7.99. The number of thioether (sulfide) groups is 1. The number of benzene rings is 1. The fraction of sp³-hybridized carbons (Fsp3) is 0.450. The summed E-state index contributed by atoms with van der Waals surface area (Å²) in [6, 6.07) is 7.00. The third-order valence-corrected chi connectivity index (χ3v) is 5.41. The van der Waals surface area contributed by atoms with Crippen LogP contribution in [0.15, 0.2) is 24.3 Å². The van der Waals surface area contributed by atoms with E-state index in [9.17, 15) is 22.8 Å². The third kappa shape index (κ3) is 6.01. The van der Waals surface area contributed by atoms with Crippen LogP contribution in [0.3, 0.4) is 0 Å². The van der Waals surface area contributed by atoms with Gasteiger partial charge in [-0.15, -0.1) is 0 Å². The summed E-state index contributed by atoms with van der Waals surface area (Å²) in [5, 5.41) is 12.5. The average molecular weight is 440 g/mol. The van der Waals surface area contributed by atoms with E-state index in [0.717, 1.165) is 5.56 Å². The van der Waals surface area contributed by atoms with Gasteiger partial charge in [-0.2, -0.15) is 30.0 Å². The summed E-state index contributed by atoms with van der Waals surface area (Å²) in [5.41, 5.74) is 2.61. The number of nitrogens with one attached hydrogen (secondary N) is 3. The number of rotatable bonds is 8. The van der Waals surface area contributed by atoms with Gasteiger partial charge in [-0.3, -0.25) is 14.7 Å². The third-order valence-electron chi connectivity index (χ3n) is 4.86. The van der Waals surface area contributed by atoms with Crippen molar-refractivity contribution in [3.05, 3.63) is 46.6 Å². The van der Waals surface area contributed by atoms with Crippen molar-refractivity contribution in [2.24, 2.45) is 0 Å². The Morgan fingerprint density at radius 1 is 1.30 bits per heavy atom. The maximum Gasteiger partial charge on any atom is 0.389 e. The molecule has 0 spiro atoms. The zero-order chi connectivity index (χ0) is 21.7. The van der Waals surface area contributed by atoms with Crippen LogP contribution in [0.4, 0.5) is 19.0 Å². The highest BCUT2D eigenvalue weighted by atomic mass is 32.2. The molecular weight excluding hydrogens is 417 g/mol. The van der Waals surface area contributed by atoms with Gasteiger partial charge in [0.15, 0.2) is 5.82 Å². The Labute approximate surface area is 176 Å². The number of anilines is 1. The van der Waals surface area contributed by atoms with Crippen LogP contribution >= 0.6 is 11.8 Å². The first-order chi connectivity index (χ1) is 14.2. The van der Waals surface area contributed by atoms with Gasteiger partial charge in [0.2, 0.25) is 5.91 Å². The summed E-state index contributed by atoms with van der Waals surface area (Å²) < 4.78 is 37.3. The standard InChI is InChI=1S/C20H23F3N4O2S/c1-30-11-16(28)25-18-17-15(26-27-18)10-14(24-19(17)29)6-5-12-3-2-4-13(9-12)7-8-20(21,22)23/h2-4,9,14H,5-8,10-11H2,1H3,(H,24,29)(H2,25,26,27,28). The molecule has 3 N–H and O–H groups in total. The molecule has 1 unspecified atom stereocenters. The summed E-state index contributed by atoms with van der Waals surface area (Å²) in [7, 11) is 0. The topological polar surface area (TPSA) is 86.9 Å². The predicted molar refractivity (Wildman–Crippen MR) is 110 cm³/mol. The van der Waals surface area contributed by atoms with Crippen LogP contribution in [-0.4, -0.2) is 46.2 Å². The van der Waals surface area contributed by atoms with Gasteiger partial charge in [0.05, 0.1) is 11.4 Å². The highest BCUT2D eigenvalue weighted by Crippen LogP contribution is 2.25. The van der Waals surface area contributed by atoms with Gasteiger partial charge in [-0.1, -0.05) is 24.3 Å². The van der Waals surface area contributed by atoms with E-state index in [1.54, 1.807) is 18.2 Å². The molecule has 0 radical (unpaired) electrons. The van der Waals surface area contributed by atoms with E-state index in [-0.39, 0.29) is 35.8 Å². The smallest absolute Gasteiger partial charge is 0.349 e. The van der Waals surface area contributed by atoms with Gasteiger partial charge in [0, 0.05) is 18.9 Å². The van der Waals surface area contributed by atoms with Crippen molar-refractivity contribution in [1.29, 1.82) is 0 Å². The van der Waals surface area contributed by atoms with Crippen LogP contribution in [0.25, 0.3) is 0 Å². The Hall–Kier alpha value is -2.49. The minimum absolute atomic E-state index is 0.0416. The Morgan fingerprint density at radius 2 is 2.03 bits per heavy atom. The maximum atomic E-state index is 12.5. The maximum absolute atomic E-state index is 12.5. The Balaban J connectivity index is 1.58. The minimum Gasteiger partial charge on any atom is -0.349 e. The first-order valence-electron chi connectivity index (χ1n) is 9.56. The van der Waals surface area contributed by atoms with Crippen molar-refractivity contribution < 1.29 is 22.8 Å². The number of halogens is 3. The van der Waals surface area contributed by atoms with Gasteiger partial charge < -0.3 is 10.6 Å². The zero-order valence-electron chi connectivity index (χ0n) is 16.4. The molecule has 1 aliphatic heterocycles. The second kappa shape index (κ2) is 9.55. The number of nitrogens with zero attached hydrogens (tertiary/aromatic N) is 1. The van der Waals surface area contributed by atoms with Crippen molar-refractivity contribution in [2.45, 2.75) is 44.3 Å². The number of aromatic amines is 1. The van der Waals surface area contributed by atoms with Crippen LogP contribution in [0, 0.1) is 0 Å². The molecule has 162 valence electrons. The van der Waals surface area contributed by atoms with Gasteiger partial charge in [-0.05, 0) is 36.6 Å². The molecule has 10 heteroatoms. The Bertz CT molecular complexity index is 914. The number of aromatic nitrogens is 2. The molecule has 6 nitrogen and oxygen atoms in total.